The van der Waals surface area contributed by atoms with Gasteiger partial charge in [-0.05, 0) is 17.7 Å². The molecule has 1 rings (SSSR count). The molecular formula is C11H18O2Si. The molecular weight excluding hydrogens is 192 g/mol. The highest BCUT2D eigenvalue weighted by molar-refractivity contribution is 6.29. The van der Waals surface area contributed by atoms with E-state index in [0.29, 0.717) is 6.61 Å². The minimum atomic E-state index is -0.334. The molecule has 0 aliphatic rings. The van der Waals surface area contributed by atoms with Gasteiger partial charge in [-0.2, -0.15) is 0 Å². The smallest absolute Gasteiger partial charge is 0.164 e. The number of hydrogen-bond acceptors (Lipinski definition) is 2. The molecule has 0 amide bonds. The van der Waals surface area contributed by atoms with E-state index in [-0.39, 0.29) is 9.76 Å². The topological polar surface area (TPSA) is 18.5 Å². The van der Waals surface area contributed by atoms with Crippen molar-refractivity contribution in [1.82, 2.24) is 0 Å². The summed E-state index contributed by atoms with van der Waals surface area (Å²) in [6.45, 7) is 5.78. The van der Waals surface area contributed by atoms with E-state index in [9.17, 15) is 0 Å². The van der Waals surface area contributed by atoms with Crippen molar-refractivity contribution in [2.24, 2.45) is 0 Å². The van der Waals surface area contributed by atoms with Gasteiger partial charge in [-0.25, -0.2) is 0 Å². The van der Waals surface area contributed by atoms with Crippen LogP contribution in [0.3, 0.4) is 0 Å². The van der Waals surface area contributed by atoms with Crippen molar-refractivity contribution in [2.45, 2.75) is 19.4 Å². The lowest BCUT2D eigenvalue weighted by Crippen LogP contribution is -2.10. The molecule has 0 spiro atoms. The molecule has 2 nitrogen and oxygen atoms in total. The van der Waals surface area contributed by atoms with Gasteiger partial charge in [0.05, 0.1) is 6.61 Å². The molecule has 0 atom stereocenters. The molecule has 0 saturated carbocycles. The summed E-state index contributed by atoms with van der Waals surface area (Å²) in [5.74, 6) is 0.919. The Bertz CT molecular complexity index is 236. The fourth-order valence-electron chi connectivity index (χ4n) is 1.05. The van der Waals surface area contributed by atoms with E-state index in [0.717, 1.165) is 17.9 Å². The van der Waals surface area contributed by atoms with E-state index < -0.39 is 0 Å². The van der Waals surface area contributed by atoms with Crippen LogP contribution in [0.4, 0.5) is 0 Å². The van der Waals surface area contributed by atoms with Gasteiger partial charge in [-0.15, -0.1) is 0 Å². The summed E-state index contributed by atoms with van der Waals surface area (Å²) in [5.41, 5.74) is 0.728. The second-order valence-corrected chi connectivity index (χ2v) is 6.00. The maximum absolute atomic E-state index is 5.53. The molecule has 0 radical (unpaired) electrons. The molecule has 3 heteroatoms. The fourth-order valence-corrected chi connectivity index (χ4v) is 1.81. The van der Waals surface area contributed by atoms with E-state index in [2.05, 4.69) is 13.8 Å². The van der Waals surface area contributed by atoms with Crippen LogP contribution < -0.4 is 4.74 Å². The Hall–Kier alpha value is -0.803. The standard InChI is InChI=1S/C11H18O2Si/c1-10(2)14-13-9-8-12-11-6-4-3-5-7-11/h3-7,10H,8-9,14H2,1-2H3. The molecule has 78 valence electrons. The van der Waals surface area contributed by atoms with E-state index in [4.69, 9.17) is 9.16 Å². The quantitative estimate of drug-likeness (QED) is 0.528. The summed E-state index contributed by atoms with van der Waals surface area (Å²) < 4.78 is 11.0. The normalized spacial score (nSPS) is 11.4. The molecule has 0 heterocycles. The minimum absolute atomic E-state index is 0.334. The Balaban J connectivity index is 2.05. The summed E-state index contributed by atoms with van der Waals surface area (Å²) in [7, 11) is -0.334. The van der Waals surface area contributed by atoms with Crippen LogP contribution in [-0.2, 0) is 4.43 Å². The molecule has 1 aromatic carbocycles. The Morgan fingerprint density at radius 3 is 2.50 bits per heavy atom. The average Bonchev–Trinajstić information content (AvgIpc) is 2.18. The highest BCUT2D eigenvalue weighted by Gasteiger charge is 1.95. The average molecular weight is 210 g/mol. The van der Waals surface area contributed by atoms with E-state index in [1.807, 2.05) is 30.3 Å². The Morgan fingerprint density at radius 2 is 1.86 bits per heavy atom. The minimum Gasteiger partial charge on any atom is -0.491 e. The van der Waals surface area contributed by atoms with Gasteiger partial charge in [0.15, 0.2) is 9.76 Å². The SMILES string of the molecule is CC(C)[SiH2]OCCOc1ccccc1. The van der Waals surface area contributed by atoms with Crippen molar-refractivity contribution in [3.05, 3.63) is 30.3 Å². The zero-order chi connectivity index (χ0) is 10.2. The maximum Gasteiger partial charge on any atom is 0.164 e. The molecule has 0 aliphatic heterocycles. The van der Waals surface area contributed by atoms with Gasteiger partial charge in [0.25, 0.3) is 0 Å². The molecule has 0 aromatic heterocycles. The number of hydrogen-bond donors (Lipinski definition) is 0. The number of para-hydroxylation sites is 1. The monoisotopic (exact) mass is 210 g/mol. The lowest BCUT2D eigenvalue weighted by Gasteiger charge is -2.07. The highest BCUT2D eigenvalue weighted by Crippen LogP contribution is 2.07. The Morgan fingerprint density at radius 1 is 1.14 bits per heavy atom. The van der Waals surface area contributed by atoms with Gasteiger partial charge in [0.1, 0.15) is 12.4 Å². The first-order valence-electron chi connectivity index (χ1n) is 5.04. The van der Waals surface area contributed by atoms with Crippen molar-refractivity contribution in [2.75, 3.05) is 13.2 Å². The van der Waals surface area contributed by atoms with Crippen LogP contribution in [-0.4, -0.2) is 23.0 Å². The van der Waals surface area contributed by atoms with Crippen LogP contribution in [0.15, 0.2) is 30.3 Å². The summed E-state index contributed by atoms with van der Waals surface area (Å²) >= 11 is 0. The Kier molecular flexibility index (Phi) is 5.33. The maximum atomic E-state index is 5.53. The van der Waals surface area contributed by atoms with Crippen LogP contribution in [0, 0.1) is 0 Å². The molecule has 0 fully saturated rings. The molecule has 1 aromatic rings. The zero-order valence-electron chi connectivity index (χ0n) is 8.90. The second-order valence-electron chi connectivity index (χ2n) is 3.63. The zero-order valence-corrected chi connectivity index (χ0v) is 10.3. The number of ether oxygens (including phenoxy) is 1. The van der Waals surface area contributed by atoms with Crippen LogP contribution in [0.5, 0.6) is 5.75 Å². The largest absolute Gasteiger partial charge is 0.491 e. The predicted octanol–water partition coefficient (Wildman–Crippen LogP) is 1.99. The van der Waals surface area contributed by atoms with Crippen LogP contribution in [0.25, 0.3) is 0 Å². The fraction of sp³-hybridized carbons (Fsp3) is 0.455. The highest BCUT2D eigenvalue weighted by atomic mass is 28.2. The number of benzene rings is 1. The summed E-state index contributed by atoms with van der Waals surface area (Å²) in [6.07, 6.45) is 0. The first-order valence-corrected chi connectivity index (χ1v) is 6.44. The first kappa shape index (κ1) is 11.3. The van der Waals surface area contributed by atoms with Crippen LogP contribution in [0.1, 0.15) is 13.8 Å². The lowest BCUT2D eigenvalue weighted by molar-refractivity contribution is 0.222. The first-order chi connectivity index (χ1) is 6.79. The van der Waals surface area contributed by atoms with Crippen molar-refractivity contribution in [3.8, 4) is 5.75 Å². The summed E-state index contributed by atoms with van der Waals surface area (Å²) in [4.78, 5) is 0. The predicted molar refractivity (Wildman–Crippen MR) is 61.5 cm³/mol. The summed E-state index contributed by atoms with van der Waals surface area (Å²) in [5, 5.41) is 0. The third kappa shape index (κ3) is 5.04. The third-order valence-corrected chi connectivity index (χ3v) is 2.88. The van der Waals surface area contributed by atoms with Crippen molar-refractivity contribution in [3.63, 3.8) is 0 Å². The molecule has 0 unspecified atom stereocenters. The molecule has 0 aliphatic carbocycles. The number of rotatable bonds is 6. The van der Waals surface area contributed by atoms with Gasteiger partial charge >= 0.3 is 0 Å². The van der Waals surface area contributed by atoms with E-state index in [1.54, 1.807) is 0 Å². The van der Waals surface area contributed by atoms with Crippen molar-refractivity contribution >= 4 is 9.76 Å². The van der Waals surface area contributed by atoms with Crippen LogP contribution >= 0.6 is 0 Å². The van der Waals surface area contributed by atoms with Gasteiger partial charge in [-0.1, -0.05) is 32.0 Å². The Labute approximate surface area is 88.2 Å². The van der Waals surface area contributed by atoms with Gasteiger partial charge in [0, 0.05) is 0 Å². The lowest BCUT2D eigenvalue weighted by atomic mass is 10.3. The van der Waals surface area contributed by atoms with Gasteiger partial charge in [0.2, 0.25) is 0 Å². The second kappa shape index (κ2) is 6.62. The van der Waals surface area contributed by atoms with E-state index >= 15 is 0 Å². The third-order valence-electron chi connectivity index (χ3n) is 1.69. The van der Waals surface area contributed by atoms with Gasteiger partial charge in [-0.3, -0.25) is 0 Å². The van der Waals surface area contributed by atoms with Crippen molar-refractivity contribution < 1.29 is 9.16 Å². The van der Waals surface area contributed by atoms with Gasteiger partial charge < -0.3 is 9.16 Å². The molecule has 0 bridgehead atoms. The van der Waals surface area contributed by atoms with Crippen molar-refractivity contribution in [1.29, 1.82) is 0 Å². The van der Waals surface area contributed by atoms with E-state index in [1.165, 1.54) is 0 Å². The summed E-state index contributed by atoms with van der Waals surface area (Å²) in [6, 6.07) is 9.84. The molecule has 14 heavy (non-hydrogen) atoms. The molecule has 0 N–H and O–H groups in total. The van der Waals surface area contributed by atoms with Crippen LogP contribution in [0.2, 0.25) is 5.54 Å². The molecule has 0 saturated heterocycles.